The van der Waals surface area contributed by atoms with E-state index in [1.165, 1.54) is 29.7 Å². The molecule has 0 spiro atoms. The van der Waals surface area contributed by atoms with Crippen LogP contribution in [0.15, 0.2) is 71.1 Å². The van der Waals surface area contributed by atoms with E-state index in [0.717, 1.165) is 12.1 Å². The molecule has 1 aromatic heterocycles. The fraction of sp³-hybridized carbons (Fsp3) is 0.150. The Hall–Kier alpha value is -3.44. The van der Waals surface area contributed by atoms with Gasteiger partial charge in [0.15, 0.2) is 5.13 Å². The minimum atomic E-state index is -3.64. The predicted octanol–water partition coefficient (Wildman–Crippen LogP) is 4.34. The van der Waals surface area contributed by atoms with E-state index in [1.54, 1.807) is 46.7 Å². The van der Waals surface area contributed by atoms with Crippen LogP contribution in [-0.2, 0) is 14.8 Å². The normalized spacial score (nSPS) is 13.3. The van der Waals surface area contributed by atoms with Crippen LogP contribution in [0.4, 0.5) is 21.3 Å². The number of carbonyl (C=O) groups is 2. The topological polar surface area (TPSA) is 129 Å². The zero-order chi connectivity index (χ0) is 22.3. The third-order valence-electron chi connectivity index (χ3n) is 4.21. The lowest BCUT2D eigenvalue weighted by Crippen LogP contribution is -2.23. The Morgan fingerprint density at radius 1 is 1.13 bits per heavy atom. The number of carboxylic acid groups (broad SMARTS) is 1. The number of rotatable bonds is 5. The fourth-order valence-corrected chi connectivity index (χ4v) is 4.61. The molecule has 1 aliphatic heterocycles. The van der Waals surface area contributed by atoms with E-state index in [9.17, 15) is 18.0 Å². The highest BCUT2D eigenvalue weighted by molar-refractivity contribution is 7.93. The number of nitrogens with zero attached hydrogens (tertiary/aromatic N) is 2. The summed E-state index contributed by atoms with van der Waals surface area (Å²) < 4.78 is 26.8. The smallest absolute Gasteiger partial charge is 0.409 e. The van der Waals surface area contributed by atoms with E-state index in [0.29, 0.717) is 23.8 Å². The average Bonchev–Trinajstić information content (AvgIpc) is 3.40. The zero-order valence-corrected chi connectivity index (χ0v) is 17.9. The lowest BCUT2D eigenvalue weighted by molar-refractivity contribution is -0.117. The van der Waals surface area contributed by atoms with Crippen molar-refractivity contribution in [3.05, 3.63) is 66.2 Å². The number of amides is 2. The summed E-state index contributed by atoms with van der Waals surface area (Å²) >= 11 is 1.21. The molecule has 0 aliphatic carbocycles. The molecule has 2 heterocycles. The van der Waals surface area contributed by atoms with Gasteiger partial charge in [-0.2, -0.15) is 0 Å². The van der Waals surface area contributed by atoms with Crippen LogP contribution < -0.4 is 14.9 Å². The number of hydrogen-bond acceptors (Lipinski definition) is 6. The summed E-state index contributed by atoms with van der Waals surface area (Å²) in [7, 11) is -3.64. The predicted molar refractivity (Wildman–Crippen MR) is 123 cm³/mol. The molecule has 1 saturated heterocycles. The van der Waals surface area contributed by atoms with Crippen molar-refractivity contribution in [3.8, 4) is 0 Å². The molecule has 9 nitrogen and oxygen atoms in total. The molecule has 0 bridgehead atoms. The van der Waals surface area contributed by atoms with Gasteiger partial charge in [0, 0.05) is 38.8 Å². The second-order valence-electron chi connectivity index (χ2n) is 6.38. The number of sulfonamides is 1. The highest BCUT2D eigenvalue weighted by atomic mass is 32.2. The van der Waals surface area contributed by atoms with Gasteiger partial charge in [-0.15, -0.1) is 11.3 Å². The Kier molecular flexibility index (Phi) is 7.21. The van der Waals surface area contributed by atoms with Gasteiger partial charge in [-0.05, 0) is 42.8 Å². The molecule has 11 heteroatoms. The molecular formula is C20H24N4O5S2. The van der Waals surface area contributed by atoms with Crippen LogP contribution in [0.1, 0.15) is 15.7 Å². The van der Waals surface area contributed by atoms with Gasteiger partial charge >= 0.3 is 6.09 Å². The highest BCUT2D eigenvalue weighted by Gasteiger charge is 2.22. The van der Waals surface area contributed by atoms with E-state index in [-0.39, 0.29) is 13.7 Å². The van der Waals surface area contributed by atoms with E-state index in [1.807, 2.05) is 6.07 Å². The molecular weight excluding hydrogens is 440 g/mol. The molecule has 0 saturated carbocycles. The molecule has 1 aliphatic rings. The molecule has 1 fully saturated rings. The summed E-state index contributed by atoms with van der Waals surface area (Å²) in [6, 6.07) is 15.0. The number of anilines is 3. The average molecular weight is 465 g/mol. The first-order chi connectivity index (χ1) is 14.8. The van der Waals surface area contributed by atoms with E-state index >= 15 is 0 Å². The monoisotopic (exact) mass is 464 g/mol. The number of nitrogens with one attached hydrogen (secondary N) is 2. The van der Waals surface area contributed by atoms with Crippen molar-refractivity contribution in [1.82, 2.24) is 4.98 Å². The van der Waals surface area contributed by atoms with Gasteiger partial charge in [-0.1, -0.05) is 18.2 Å². The van der Waals surface area contributed by atoms with Crippen LogP contribution in [0.5, 0.6) is 0 Å². The first-order valence-corrected chi connectivity index (χ1v) is 11.6. The maximum absolute atomic E-state index is 12.2. The van der Waals surface area contributed by atoms with Crippen molar-refractivity contribution >= 4 is 49.9 Å². The quantitative estimate of drug-likeness (QED) is 0.515. The second-order valence-corrected chi connectivity index (χ2v) is 8.96. The highest BCUT2D eigenvalue weighted by Crippen LogP contribution is 2.24. The number of benzene rings is 2. The summed E-state index contributed by atoms with van der Waals surface area (Å²) in [4.78, 5) is 27.4. The van der Waals surface area contributed by atoms with Crippen LogP contribution in [0.2, 0.25) is 0 Å². The van der Waals surface area contributed by atoms with Crippen LogP contribution in [-0.4, -0.2) is 37.1 Å². The maximum Gasteiger partial charge on any atom is 0.409 e. The number of thiazole rings is 1. The molecule has 3 N–H and O–H groups in total. The van der Waals surface area contributed by atoms with Crippen LogP contribution in [0.25, 0.3) is 0 Å². The Morgan fingerprint density at radius 2 is 1.84 bits per heavy atom. The third kappa shape index (κ3) is 6.27. The minimum Gasteiger partial charge on any atom is -0.465 e. The van der Waals surface area contributed by atoms with Crippen molar-refractivity contribution in [1.29, 1.82) is 0 Å². The van der Waals surface area contributed by atoms with E-state index < -0.39 is 16.1 Å². The maximum atomic E-state index is 12.2. The molecule has 0 radical (unpaired) electrons. The van der Waals surface area contributed by atoms with Gasteiger partial charge in [0.25, 0.3) is 10.0 Å². The van der Waals surface area contributed by atoms with Gasteiger partial charge in [0.1, 0.15) is 0 Å². The molecule has 0 atom stereocenters. The summed E-state index contributed by atoms with van der Waals surface area (Å²) in [6.45, 7) is 0.683. The van der Waals surface area contributed by atoms with Gasteiger partial charge in [0.05, 0.1) is 4.90 Å². The second kappa shape index (κ2) is 10.0. The number of carbonyl (C=O) groups excluding carboxylic acids is 1. The van der Waals surface area contributed by atoms with Crippen LogP contribution in [0.3, 0.4) is 0 Å². The standard InChI is InChI=1S/C13H13N3O3S2.C7H7NO2.2H2/c17-12-2-1-8-16(12)10-3-5-11(6-4-10)21(18,19)15-13-14-7-9-20-13;9-7(10)8-6-4-2-1-3-5-6;;/h3-7,9H,1-2,8H2,(H,14,15);1-5,8H,(H,9,10);2*1H. The Labute approximate surface area is 186 Å². The molecule has 3 aromatic rings. The van der Waals surface area contributed by atoms with Crippen molar-refractivity contribution in [2.75, 3.05) is 21.5 Å². The first-order valence-electron chi connectivity index (χ1n) is 9.23. The molecule has 0 unspecified atom stereocenters. The number of hydrogen-bond donors (Lipinski definition) is 3. The van der Waals surface area contributed by atoms with E-state index in [2.05, 4.69) is 15.0 Å². The number of aromatic nitrogens is 1. The third-order valence-corrected chi connectivity index (χ3v) is 6.38. The lowest BCUT2D eigenvalue weighted by Gasteiger charge is -2.16. The molecule has 166 valence electrons. The van der Waals surface area contributed by atoms with Crippen LogP contribution in [0, 0.1) is 0 Å². The SMILES string of the molecule is O=C(O)Nc1ccccc1.O=C1CCCN1c1ccc(S(=O)(=O)Nc2nccs2)cc1.[HH].[HH]. The summed E-state index contributed by atoms with van der Waals surface area (Å²) in [5.41, 5.74) is 1.32. The summed E-state index contributed by atoms with van der Waals surface area (Å²) in [5.74, 6) is 0.0755. The Balaban J connectivity index is 0.000000388. The Bertz CT molecular complexity index is 1130. The van der Waals surface area contributed by atoms with Crippen molar-refractivity contribution in [2.45, 2.75) is 17.7 Å². The number of para-hydroxylation sites is 1. The molecule has 2 aromatic carbocycles. The minimum absolute atomic E-state index is 0. The molecule has 2 amide bonds. The van der Waals surface area contributed by atoms with E-state index in [4.69, 9.17) is 5.11 Å². The first kappa shape index (κ1) is 22.2. The van der Waals surface area contributed by atoms with Gasteiger partial charge in [0.2, 0.25) is 5.91 Å². The zero-order valence-electron chi connectivity index (χ0n) is 16.3. The van der Waals surface area contributed by atoms with Crippen molar-refractivity contribution in [2.24, 2.45) is 0 Å². The largest absolute Gasteiger partial charge is 0.465 e. The van der Waals surface area contributed by atoms with Crippen LogP contribution >= 0.6 is 11.3 Å². The van der Waals surface area contributed by atoms with Gasteiger partial charge < -0.3 is 10.0 Å². The lowest BCUT2D eigenvalue weighted by atomic mass is 10.3. The Morgan fingerprint density at radius 3 is 2.39 bits per heavy atom. The molecule has 4 rings (SSSR count). The summed E-state index contributed by atoms with van der Waals surface area (Å²) in [6.07, 6.45) is 1.88. The summed E-state index contributed by atoms with van der Waals surface area (Å²) in [5, 5.41) is 12.5. The van der Waals surface area contributed by atoms with Gasteiger partial charge in [-0.3, -0.25) is 14.8 Å². The van der Waals surface area contributed by atoms with Crippen molar-refractivity contribution < 1.29 is 26.0 Å². The fourth-order valence-electron chi connectivity index (χ4n) is 2.82. The molecule has 31 heavy (non-hydrogen) atoms. The van der Waals surface area contributed by atoms with Crippen molar-refractivity contribution in [3.63, 3.8) is 0 Å². The van der Waals surface area contributed by atoms with Gasteiger partial charge in [-0.25, -0.2) is 18.2 Å².